The lowest BCUT2D eigenvalue weighted by atomic mass is 9.98. The van der Waals surface area contributed by atoms with Gasteiger partial charge in [-0.2, -0.15) is 0 Å². The van der Waals surface area contributed by atoms with Crippen LogP contribution in [0.3, 0.4) is 0 Å². The predicted octanol–water partition coefficient (Wildman–Crippen LogP) is 4.24. The standard InChI is InChI=1S/C16H15BrF3N/c1-21-13(6-10-2-4-15(19)16(20)7-10)9-11-8-12(17)3-5-14(11)18/h2-5,7-8,13,21H,6,9H2,1H3. The Morgan fingerprint density at radius 1 is 0.952 bits per heavy atom. The number of hydrogen-bond donors (Lipinski definition) is 1. The molecule has 1 nitrogen and oxygen atoms in total. The molecule has 1 N–H and O–H groups in total. The monoisotopic (exact) mass is 357 g/mol. The lowest BCUT2D eigenvalue weighted by molar-refractivity contribution is 0.501. The summed E-state index contributed by atoms with van der Waals surface area (Å²) in [7, 11) is 1.76. The number of likely N-dealkylation sites (N-methyl/N-ethyl adjacent to an activating group) is 1. The van der Waals surface area contributed by atoms with Crippen LogP contribution < -0.4 is 5.32 Å². The second-order valence-electron chi connectivity index (χ2n) is 4.88. The summed E-state index contributed by atoms with van der Waals surface area (Å²) in [5.74, 6) is -2.00. The highest BCUT2D eigenvalue weighted by Gasteiger charge is 2.13. The van der Waals surface area contributed by atoms with Crippen LogP contribution in [0.1, 0.15) is 11.1 Å². The molecule has 0 aromatic heterocycles. The summed E-state index contributed by atoms with van der Waals surface area (Å²) in [6.45, 7) is 0. The molecule has 0 fully saturated rings. The Morgan fingerprint density at radius 3 is 2.33 bits per heavy atom. The van der Waals surface area contributed by atoms with Crippen molar-refractivity contribution in [2.75, 3.05) is 7.05 Å². The minimum atomic E-state index is -0.865. The van der Waals surface area contributed by atoms with Crippen molar-refractivity contribution in [2.24, 2.45) is 0 Å². The van der Waals surface area contributed by atoms with Crippen molar-refractivity contribution in [1.82, 2.24) is 5.32 Å². The van der Waals surface area contributed by atoms with Gasteiger partial charge in [-0.15, -0.1) is 0 Å². The van der Waals surface area contributed by atoms with E-state index in [-0.39, 0.29) is 11.9 Å². The minimum Gasteiger partial charge on any atom is -0.316 e. The van der Waals surface area contributed by atoms with E-state index >= 15 is 0 Å². The zero-order valence-corrected chi connectivity index (χ0v) is 13.1. The van der Waals surface area contributed by atoms with Crippen molar-refractivity contribution < 1.29 is 13.2 Å². The van der Waals surface area contributed by atoms with E-state index in [9.17, 15) is 13.2 Å². The van der Waals surface area contributed by atoms with Gasteiger partial charge < -0.3 is 5.32 Å². The van der Waals surface area contributed by atoms with Gasteiger partial charge in [0, 0.05) is 10.5 Å². The van der Waals surface area contributed by atoms with Gasteiger partial charge in [-0.25, -0.2) is 13.2 Å². The van der Waals surface area contributed by atoms with E-state index in [1.807, 2.05) is 0 Å². The fourth-order valence-corrected chi connectivity index (χ4v) is 2.60. The number of benzene rings is 2. The molecule has 0 radical (unpaired) electrons. The van der Waals surface area contributed by atoms with Crippen LogP contribution in [0.2, 0.25) is 0 Å². The third kappa shape index (κ3) is 4.32. The van der Waals surface area contributed by atoms with E-state index < -0.39 is 11.6 Å². The summed E-state index contributed by atoms with van der Waals surface area (Å²) in [6, 6.07) is 8.53. The summed E-state index contributed by atoms with van der Waals surface area (Å²) in [4.78, 5) is 0. The van der Waals surface area contributed by atoms with Crippen molar-refractivity contribution in [1.29, 1.82) is 0 Å². The average Bonchev–Trinajstić information content (AvgIpc) is 2.46. The van der Waals surface area contributed by atoms with Crippen LogP contribution in [0.25, 0.3) is 0 Å². The highest BCUT2D eigenvalue weighted by atomic mass is 79.9. The molecular formula is C16H15BrF3N. The first-order chi connectivity index (χ1) is 9.99. The van der Waals surface area contributed by atoms with Crippen LogP contribution in [0.4, 0.5) is 13.2 Å². The van der Waals surface area contributed by atoms with Gasteiger partial charge in [0.2, 0.25) is 0 Å². The summed E-state index contributed by atoms with van der Waals surface area (Å²) in [5.41, 5.74) is 1.25. The molecule has 1 atom stereocenters. The molecule has 0 amide bonds. The highest BCUT2D eigenvalue weighted by molar-refractivity contribution is 9.10. The Balaban J connectivity index is 2.12. The molecule has 0 saturated carbocycles. The maximum atomic E-state index is 13.8. The second kappa shape index (κ2) is 7.09. The van der Waals surface area contributed by atoms with Crippen LogP contribution in [0, 0.1) is 17.5 Å². The molecule has 0 saturated heterocycles. The predicted molar refractivity (Wildman–Crippen MR) is 80.7 cm³/mol. The van der Waals surface area contributed by atoms with Crippen molar-refractivity contribution in [2.45, 2.75) is 18.9 Å². The second-order valence-corrected chi connectivity index (χ2v) is 5.79. The Hall–Kier alpha value is -1.33. The number of rotatable bonds is 5. The maximum Gasteiger partial charge on any atom is 0.159 e. The van der Waals surface area contributed by atoms with E-state index in [1.54, 1.807) is 25.2 Å². The largest absolute Gasteiger partial charge is 0.316 e. The zero-order chi connectivity index (χ0) is 15.4. The van der Waals surface area contributed by atoms with Crippen LogP contribution in [0.5, 0.6) is 0 Å². The first-order valence-corrected chi connectivity index (χ1v) is 7.34. The summed E-state index contributed by atoms with van der Waals surface area (Å²) in [6.07, 6.45) is 0.945. The summed E-state index contributed by atoms with van der Waals surface area (Å²) >= 11 is 3.31. The van der Waals surface area contributed by atoms with Crippen LogP contribution in [0.15, 0.2) is 40.9 Å². The molecule has 2 rings (SSSR count). The van der Waals surface area contributed by atoms with Gasteiger partial charge in [-0.1, -0.05) is 22.0 Å². The minimum absolute atomic E-state index is 0.0707. The van der Waals surface area contributed by atoms with Gasteiger partial charge in [0.1, 0.15) is 5.82 Å². The van der Waals surface area contributed by atoms with Gasteiger partial charge in [-0.3, -0.25) is 0 Å². The van der Waals surface area contributed by atoms with Crippen molar-refractivity contribution in [3.05, 3.63) is 69.4 Å². The smallest absolute Gasteiger partial charge is 0.159 e. The lowest BCUT2D eigenvalue weighted by Crippen LogP contribution is -2.30. The fraction of sp³-hybridized carbons (Fsp3) is 0.250. The van der Waals surface area contributed by atoms with E-state index in [2.05, 4.69) is 21.2 Å². The van der Waals surface area contributed by atoms with Crippen LogP contribution in [-0.2, 0) is 12.8 Å². The molecule has 0 spiro atoms. The average molecular weight is 358 g/mol. The third-order valence-electron chi connectivity index (χ3n) is 3.35. The maximum absolute atomic E-state index is 13.8. The van der Waals surface area contributed by atoms with Gasteiger partial charge in [-0.05, 0) is 61.3 Å². The Bertz CT molecular complexity index is 631. The molecule has 112 valence electrons. The van der Waals surface area contributed by atoms with E-state index in [1.165, 1.54) is 12.1 Å². The number of nitrogens with one attached hydrogen (secondary N) is 1. The summed E-state index contributed by atoms with van der Waals surface area (Å²) < 4.78 is 40.7. The number of hydrogen-bond acceptors (Lipinski definition) is 1. The molecule has 21 heavy (non-hydrogen) atoms. The third-order valence-corrected chi connectivity index (χ3v) is 3.84. The van der Waals surface area contributed by atoms with Crippen molar-refractivity contribution in [3.63, 3.8) is 0 Å². The summed E-state index contributed by atoms with van der Waals surface area (Å²) in [5, 5.41) is 3.08. The first-order valence-electron chi connectivity index (χ1n) is 6.54. The highest BCUT2D eigenvalue weighted by Crippen LogP contribution is 2.18. The first kappa shape index (κ1) is 16.0. The topological polar surface area (TPSA) is 12.0 Å². The molecule has 0 aliphatic rings. The van der Waals surface area contributed by atoms with Crippen LogP contribution in [-0.4, -0.2) is 13.1 Å². The molecular weight excluding hydrogens is 343 g/mol. The van der Waals surface area contributed by atoms with E-state index in [0.717, 1.165) is 10.5 Å². The fourth-order valence-electron chi connectivity index (χ4n) is 2.19. The molecule has 2 aromatic carbocycles. The molecule has 0 aliphatic heterocycles. The van der Waals surface area contributed by atoms with E-state index in [4.69, 9.17) is 0 Å². The van der Waals surface area contributed by atoms with Gasteiger partial charge in [0.05, 0.1) is 0 Å². The molecule has 2 aromatic rings. The normalized spacial score (nSPS) is 12.4. The SMILES string of the molecule is CNC(Cc1ccc(F)c(F)c1)Cc1cc(Br)ccc1F. The van der Waals surface area contributed by atoms with Crippen LogP contribution >= 0.6 is 15.9 Å². The van der Waals surface area contributed by atoms with Crippen molar-refractivity contribution in [3.8, 4) is 0 Å². The van der Waals surface area contributed by atoms with Gasteiger partial charge in [0.25, 0.3) is 0 Å². The zero-order valence-electron chi connectivity index (χ0n) is 11.5. The van der Waals surface area contributed by atoms with Gasteiger partial charge >= 0.3 is 0 Å². The van der Waals surface area contributed by atoms with Crippen molar-refractivity contribution >= 4 is 15.9 Å². The van der Waals surface area contributed by atoms with E-state index in [0.29, 0.717) is 24.0 Å². The van der Waals surface area contributed by atoms with Gasteiger partial charge in [0.15, 0.2) is 11.6 Å². The Morgan fingerprint density at radius 2 is 1.67 bits per heavy atom. The molecule has 1 unspecified atom stereocenters. The quantitative estimate of drug-likeness (QED) is 0.843. The molecule has 0 heterocycles. The lowest BCUT2D eigenvalue weighted by Gasteiger charge is -2.17. The Kier molecular flexibility index (Phi) is 5.42. The number of halogens is 4. The molecule has 0 aliphatic carbocycles. The molecule has 5 heteroatoms. The molecule has 0 bridgehead atoms. The Labute approximate surface area is 130 Å².